The topological polar surface area (TPSA) is 62.8 Å². The van der Waals surface area contributed by atoms with Gasteiger partial charge in [0.25, 0.3) is 0 Å². The van der Waals surface area contributed by atoms with Crippen LogP contribution in [0.3, 0.4) is 0 Å². The minimum Gasteiger partial charge on any atom is -0.488 e. The Morgan fingerprint density at radius 1 is 1.11 bits per heavy atom. The Kier molecular flexibility index (Phi) is 8.37. The number of hydrogen-bond donors (Lipinski definition) is 1. The summed E-state index contributed by atoms with van der Waals surface area (Å²) in [5, 5.41) is 0. The fraction of sp³-hybridized carbons (Fsp3) is 0.360. The number of pyridine rings is 2. The maximum Gasteiger partial charge on any atom is 0.214 e. The van der Waals surface area contributed by atoms with E-state index in [0.29, 0.717) is 17.4 Å². The van der Waals surface area contributed by atoms with E-state index < -0.39 is 11.8 Å². The highest BCUT2D eigenvalue weighted by molar-refractivity contribution is 7.96. The predicted molar refractivity (Wildman–Crippen MR) is 134 cm³/mol. The number of rotatable bonds is 9. The van der Waals surface area contributed by atoms with Crippen molar-refractivity contribution in [1.29, 1.82) is 0 Å². The minimum atomic E-state index is -0.632. The van der Waals surface area contributed by atoms with E-state index in [4.69, 9.17) is 9.02 Å². The summed E-state index contributed by atoms with van der Waals surface area (Å²) in [6.07, 6.45) is 3.29. The van der Waals surface area contributed by atoms with Crippen LogP contribution < -0.4 is 14.5 Å². The zero-order valence-corrected chi connectivity index (χ0v) is 20.8. The molecule has 1 atom stereocenters. The summed E-state index contributed by atoms with van der Waals surface area (Å²) in [5.41, 5.74) is 4.19. The molecule has 0 saturated carbocycles. The van der Waals surface area contributed by atoms with E-state index in [1.165, 1.54) is 22.0 Å². The Bertz CT molecular complexity index is 1120. The molecular formula is C25H29F2N5O2S. The highest BCUT2D eigenvalue weighted by Crippen LogP contribution is 2.32. The van der Waals surface area contributed by atoms with Crippen molar-refractivity contribution < 1.29 is 17.8 Å². The molecule has 7 nitrogen and oxygen atoms in total. The van der Waals surface area contributed by atoms with E-state index in [2.05, 4.69) is 51.5 Å². The van der Waals surface area contributed by atoms with Gasteiger partial charge in [-0.15, -0.1) is 0 Å². The van der Waals surface area contributed by atoms with Crippen molar-refractivity contribution in [3.05, 3.63) is 77.6 Å². The molecule has 1 aliphatic heterocycles. The molecule has 1 N–H and O–H groups in total. The summed E-state index contributed by atoms with van der Waals surface area (Å²) in [6.45, 7) is 5.73. The SMILES string of the molecule is Cc1c(OC2CCN(C(C)c3ccccc3)CC2)cnc(N(C)SONc2cccc(F)n2)c1F. The molecule has 3 heterocycles. The fourth-order valence-corrected chi connectivity index (χ4v) is 4.44. The van der Waals surface area contributed by atoms with Gasteiger partial charge in [-0.3, -0.25) is 9.21 Å². The van der Waals surface area contributed by atoms with Gasteiger partial charge in [0, 0.05) is 31.7 Å². The van der Waals surface area contributed by atoms with Crippen molar-refractivity contribution in [2.75, 3.05) is 29.9 Å². The molecule has 0 amide bonds. The number of nitrogens with zero attached hydrogens (tertiary/aromatic N) is 4. The Balaban J connectivity index is 1.30. The highest BCUT2D eigenvalue weighted by Gasteiger charge is 2.26. The first-order chi connectivity index (χ1) is 16.9. The van der Waals surface area contributed by atoms with E-state index in [0.717, 1.165) is 38.2 Å². The molecule has 1 saturated heterocycles. The van der Waals surface area contributed by atoms with Gasteiger partial charge in [-0.25, -0.2) is 19.8 Å². The number of hydrogen-bond acceptors (Lipinski definition) is 8. The van der Waals surface area contributed by atoms with Crippen LogP contribution in [-0.4, -0.2) is 41.1 Å². The second-order valence-electron chi connectivity index (χ2n) is 8.43. The molecule has 2 aromatic heterocycles. The third-order valence-corrected chi connectivity index (χ3v) is 6.66. The molecular weight excluding hydrogens is 472 g/mol. The van der Waals surface area contributed by atoms with E-state index in [-0.39, 0.29) is 17.7 Å². The number of aromatic nitrogens is 2. The number of benzene rings is 1. The lowest BCUT2D eigenvalue weighted by Gasteiger charge is -2.36. The van der Waals surface area contributed by atoms with Gasteiger partial charge in [0.05, 0.1) is 6.20 Å². The van der Waals surface area contributed by atoms with Gasteiger partial charge in [-0.1, -0.05) is 36.4 Å². The van der Waals surface area contributed by atoms with Gasteiger partial charge in [0.1, 0.15) is 24.1 Å². The molecule has 0 bridgehead atoms. The molecule has 186 valence electrons. The Labute approximate surface area is 208 Å². The van der Waals surface area contributed by atoms with Crippen LogP contribution in [-0.2, 0) is 4.28 Å². The maximum atomic E-state index is 15.1. The van der Waals surface area contributed by atoms with Crippen LogP contribution in [0, 0.1) is 18.7 Å². The quantitative estimate of drug-likeness (QED) is 0.173. The average molecular weight is 502 g/mol. The van der Waals surface area contributed by atoms with Crippen molar-refractivity contribution in [2.24, 2.45) is 0 Å². The number of anilines is 2. The van der Waals surface area contributed by atoms with Crippen molar-refractivity contribution in [2.45, 2.75) is 38.8 Å². The lowest BCUT2D eigenvalue weighted by atomic mass is 10.0. The number of ether oxygens (including phenoxy) is 1. The lowest BCUT2D eigenvalue weighted by molar-refractivity contribution is 0.0788. The molecule has 1 aliphatic rings. The van der Waals surface area contributed by atoms with Crippen LogP contribution in [0.5, 0.6) is 5.75 Å². The fourth-order valence-electron chi connectivity index (χ4n) is 4.01. The van der Waals surface area contributed by atoms with Crippen molar-refractivity contribution in [3.63, 3.8) is 0 Å². The third-order valence-electron chi connectivity index (χ3n) is 6.11. The van der Waals surface area contributed by atoms with Crippen molar-refractivity contribution >= 4 is 23.9 Å². The van der Waals surface area contributed by atoms with Crippen molar-refractivity contribution in [3.8, 4) is 5.75 Å². The van der Waals surface area contributed by atoms with Crippen LogP contribution in [0.15, 0.2) is 54.7 Å². The number of nitrogens with one attached hydrogen (secondary N) is 1. The maximum absolute atomic E-state index is 15.1. The predicted octanol–water partition coefficient (Wildman–Crippen LogP) is 5.71. The molecule has 4 rings (SSSR count). The van der Waals surface area contributed by atoms with E-state index in [1.54, 1.807) is 26.2 Å². The molecule has 1 aromatic carbocycles. The monoisotopic (exact) mass is 501 g/mol. The second kappa shape index (κ2) is 11.7. The first-order valence-electron chi connectivity index (χ1n) is 11.5. The second-order valence-corrected chi connectivity index (χ2v) is 9.29. The van der Waals surface area contributed by atoms with Gasteiger partial charge >= 0.3 is 0 Å². The molecule has 0 radical (unpaired) electrons. The Morgan fingerprint density at radius 2 is 1.86 bits per heavy atom. The summed E-state index contributed by atoms with van der Waals surface area (Å²) in [6, 6.07) is 15.1. The molecule has 0 aliphatic carbocycles. The van der Waals surface area contributed by atoms with E-state index >= 15 is 4.39 Å². The van der Waals surface area contributed by atoms with Gasteiger partial charge in [0.2, 0.25) is 5.95 Å². The first-order valence-corrected chi connectivity index (χ1v) is 12.2. The van der Waals surface area contributed by atoms with Gasteiger partial charge < -0.3 is 4.74 Å². The normalized spacial score (nSPS) is 15.6. The molecule has 3 aromatic rings. The van der Waals surface area contributed by atoms with Crippen LogP contribution in [0.1, 0.15) is 36.9 Å². The van der Waals surface area contributed by atoms with Crippen LogP contribution in [0.4, 0.5) is 20.4 Å². The minimum absolute atomic E-state index is 0.0124. The highest BCUT2D eigenvalue weighted by atomic mass is 32.2. The molecule has 1 fully saturated rings. The van der Waals surface area contributed by atoms with Gasteiger partial charge in [0.15, 0.2) is 17.5 Å². The molecule has 0 spiro atoms. The number of piperidine rings is 1. The lowest BCUT2D eigenvalue weighted by Crippen LogP contribution is -2.39. The van der Waals surface area contributed by atoms with Gasteiger partial charge in [-0.05, 0) is 44.4 Å². The number of halogens is 2. The molecule has 10 heteroatoms. The number of likely N-dealkylation sites (tertiary alicyclic amines) is 1. The largest absolute Gasteiger partial charge is 0.488 e. The standard InChI is InChI=1S/C25H29F2N5O2S/c1-17-21(33-20-12-14-32(15-13-20)18(2)19-8-5-4-6-9-19)16-28-25(24(17)27)31(3)35-34-30-23-11-7-10-22(26)29-23/h4-11,16,18,20H,12-15H2,1-3H3,(H,29,30). The summed E-state index contributed by atoms with van der Waals surface area (Å²) in [7, 11) is 1.61. The smallest absolute Gasteiger partial charge is 0.214 e. The Hall–Kier alpha value is -2.95. The summed E-state index contributed by atoms with van der Waals surface area (Å²) in [4.78, 5) is 10.3. The van der Waals surface area contributed by atoms with Gasteiger partial charge in [-0.2, -0.15) is 8.67 Å². The molecule has 1 unspecified atom stereocenters. The zero-order chi connectivity index (χ0) is 24.8. The summed E-state index contributed by atoms with van der Waals surface area (Å²) in [5.74, 6) is -0.376. The molecule has 35 heavy (non-hydrogen) atoms. The average Bonchev–Trinajstić information content (AvgIpc) is 2.87. The summed E-state index contributed by atoms with van der Waals surface area (Å²) >= 11 is 0.807. The Morgan fingerprint density at radius 3 is 2.57 bits per heavy atom. The summed E-state index contributed by atoms with van der Waals surface area (Å²) < 4.78 is 41.0. The van der Waals surface area contributed by atoms with Crippen LogP contribution in [0.25, 0.3) is 0 Å². The third kappa shape index (κ3) is 6.39. The van der Waals surface area contributed by atoms with Crippen molar-refractivity contribution in [1.82, 2.24) is 14.9 Å². The van der Waals surface area contributed by atoms with E-state index in [9.17, 15) is 4.39 Å². The first kappa shape index (κ1) is 25.2. The zero-order valence-electron chi connectivity index (χ0n) is 19.9. The van der Waals surface area contributed by atoms with Crippen LogP contribution >= 0.6 is 12.2 Å². The van der Waals surface area contributed by atoms with E-state index in [1.807, 2.05) is 6.07 Å². The van der Waals surface area contributed by atoms with Crippen LogP contribution in [0.2, 0.25) is 0 Å².